The molecule has 0 spiro atoms. The fourth-order valence-corrected chi connectivity index (χ4v) is 3.48. The smallest absolute Gasteiger partial charge is 0.317 e. The van der Waals surface area contributed by atoms with Crippen LogP contribution < -0.4 is 4.90 Å². The Kier molecular flexibility index (Phi) is 5.81. The van der Waals surface area contributed by atoms with E-state index in [9.17, 15) is 10.1 Å². The van der Waals surface area contributed by atoms with Crippen molar-refractivity contribution < 1.29 is 9.90 Å². The SMILES string of the molecule is CCN(CC(=O)O)C1CCN(c2cccc(Br)c2C#N)CC1. The van der Waals surface area contributed by atoms with Crippen LogP contribution in [0.2, 0.25) is 0 Å². The number of likely N-dealkylation sites (N-methyl/N-ethyl adjacent to an activating group) is 1. The van der Waals surface area contributed by atoms with Crippen LogP contribution in [0.1, 0.15) is 25.3 Å². The summed E-state index contributed by atoms with van der Waals surface area (Å²) in [5, 5.41) is 18.3. The predicted octanol–water partition coefficient (Wildman–Crippen LogP) is 2.70. The van der Waals surface area contributed by atoms with Crippen molar-refractivity contribution in [3.8, 4) is 6.07 Å². The molecule has 1 aliphatic heterocycles. The number of hydrogen-bond acceptors (Lipinski definition) is 4. The van der Waals surface area contributed by atoms with E-state index in [4.69, 9.17) is 5.11 Å². The van der Waals surface area contributed by atoms with Gasteiger partial charge in [-0.25, -0.2) is 0 Å². The molecule has 0 atom stereocenters. The van der Waals surface area contributed by atoms with Gasteiger partial charge in [0.1, 0.15) is 6.07 Å². The first-order chi connectivity index (χ1) is 10.6. The van der Waals surface area contributed by atoms with Crippen LogP contribution in [0, 0.1) is 11.3 Å². The zero-order valence-corrected chi connectivity index (χ0v) is 14.2. The lowest BCUT2D eigenvalue weighted by molar-refractivity contribution is -0.139. The molecule has 0 radical (unpaired) electrons. The van der Waals surface area contributed by atoms with E-state index in [1.165, 1.54) is 0 Å². The van der Waals surface area contributed by atoms with Gasteiger partial charge < -0.3 is 10.0 Å². The molecule has 6 heteroatoms. The molecule has 0 saturated carbocycles. The van der Waals surface area contributed by atoms with Gasteiger partial charge in [-0.1, -0.05) is 13.0 Å². The zero-order valence-electron chi connectivity index (χ0n) is 12.6. The summed E-state index contributed by atoms with van der Waals surface area (Å²) in [6.07, 6.45) is 1.83. The topological polar surface area (TPSA) is 67.6 Å². The molecular formula is C16H20BrN3O2. The summed E-state index contributed by atoms with van der Waals surface area (Å²) >= 11 is 3.42. The predicted molar refractivity (Wildman–Crippen MR) is 89.0 cm³/mol. The van der Waals surface area contributed by atoms with Gasteiger partial charge >= 0.3 is 5.97 Å². The molecule has 1 saturated heterocycles. The maximum atomic E-state index is 10.9. The van der Waals surface area contributed by atoms with E-state index in [1.807, 2.05) is 30.0 Å². The Balaban J connectivity index is 2.05. The maximum Gasteiger partial charge on any atom is 0.317 e. The molecule has 0 aliphatic carbocycles. The Morgan fingerprint density at radius 1 is 1.50 bits per heavy atom. The van der Waals surface area contributed by atoms with E-state index in [0.717, 1.165) is 42.6 Å². The Morgan fingerprint density at radius 3 is 2.73 bits per heavy atom. The van der Waals surface area contributed by atoms with Gasteiger partial charge in [-0.2, -0.15) is 5.26 Å². The molecule has 0 aromatic heterocycles. The maximum absolute atomic E-state index is 10.9. The van der Waals surface area contributed by atoms with E-state index in [-0.39, 0.29) is 6.54 Å². The van der Waals surface area contributed by atoms with Crippen molar-refractivity contribution in [2.75, 3.05) is 31.1 Å². The Bertz CT molecular complexity index is 577. The lowest BCUT2D eigenvalue weighted by Crippen LogP contribution is -2.46. The highest BCUT2D eigenvalue weighted by atomic mass is 79.9. The van der Waals surface area contributed by atoms with Crippen molar-refractivity contribution in [3.63, 3.8) is 0 Å². The van der Waals surface area contributed by atoms with E-state index >= 15 is 0 Å². The van der Waals surface area contributed by atoms with Gasteiger partial charge in [-0.15, -0.1) is 0 Å². The van der Waals surface area contributed by atoms with Crippen LogP contribution >= 0.6 is 15.9 Å². The number of carbonyl (C=O) groups is 1. The molecular weight excluding hydrogens is 346 g/mol. The van der Waals surface area contributed by atoms with Gasteiger partial charge in [0.25, 0.3) is 0 Å². The average Bonchev–Trinajstić information content (AvgIpc) is 2.52. The summed E-state index contributed by atoms with van der Waals surface area (Å²) in [4.78, 5) is 15.2. The second-order valence-corrected chi connectivity index (χ2v) is 6.28. The van der Waals surface area contributed by atoms with Crippen molar-refractivity contribution in [2.24, 2.45) is 0 Å². The third-order valence-corrected chi connectivity index (χ3v) is 4.83. The molecule has 1 heterocycles. The number of aliphatic carboxylic acids is 1. The quantitative estimate of drug-likeness (QED) is 0.868. The highest BCUT2D eigenvalue weighted by molar-refractivity contribution is 9.10. The average molecular weight is 366 g/mol. The Hall–Kier alpha value is -1.58. The molecule has 0 unspecified atom stereocenters. The van der Waals surface area contributed by atoms with Crippen LogP contribution in [-0.2, 0) is 4.79 Å². The number of carboxylic acids is 1. The summed E-state index contributed by atoms with van der Waals surface area (Å²) < 4.78 is 0.815. The molecule has 2 rings (SSSR count). The van der Waals surface area contributed by atoms with Gasteiger partial charge in [0, 0.05) is 23.6 Å². The number of rotatable bonds is 5. The van der Waals surface area contributed by atoms with Crippen LogP contribution in [0.4, 0.5) is 5.69 Å². The molecule has 1 aromatic rings. The lowest BCUT2D eigenvalue weighted by Gasteiger charge is -2.38. The number of piperidine rings is 1. The molecule has 118 valence electrons. The molecule has 5 nitrogen and oxygen atoms in total. The molecule has 1 N–H and O–H groups in total. The van der Waals surface area contributed by atoms with Crippen molar-refractivity contribution in [2.45, 2.75) is 25.8 Å². The van der Waals surface area contributed by atoms with Gasteiger partial charge in [-0.05, 0) is 47.4 Å². The minimum Gasteiger partial charge on any atom is -0.480 e. The first-order valence-electron chi connectivity index (χ1n) is 7.46. The number of carboxylic acid groups (broad SMARTS) is 1. The van der Waals surface area contributed by atoms with Gasteiger partial charge in [0.15, 0.2) is 0 Å². The monoisotopic (exact) mass is 365 g/mol. The summed E-state index contributed by atoms with van der Waals surface area (Å²) in [6, 6.07) is 8.34. The van der Waals surface area contributed by atoms with Gasteiger partial charge in [-0.3, -0.25) is 9.69 Å². The fourth-order valence-electron chi connectivity index (χ4n) is 3.03. The van der Waals surface area contributed by atoms with Crippen molar-refractivity contribution in [1.29, 1.82) is 5.26 Å². The van der Waals surface area contributed by atoms with Gasteiger partial charge in [0.05, 0.1) is 17.8 Å². The van der Waals surface area contributed by atoms with Crippen LogP contribution in [-0.4, -0.2) is 48.2 Å². The third-order valence-electron chi connectivity index (χ3n) is 4.17. The Morgan fingerprint density at radius 2 is 2.18 bits per heavy atom. The van der Waals surface area contributed by atoms with E-state index in [1.54, 1.807) is 0 Å². The number of anilines is 1. The number of hydrogen-bond donors (Lipinski definition) is 1. The van der Waals surface area contributed by atoms with Crippen LogP contribution in [0.15, 0.2) is 22.7 Å². The largest absolute Gasteiger partial charge is 0.480 e. The molecule has 1 aromatic carbocycles. The fraction of sp³-hybridized carbons (Fsp3) is 0.500. The lowest BCUT2D eigenvalue weighted by atomic mass is 10.0. The normalized spacial score (nSPS) is 15.8. The van der Waals surface area contributed by atoms with Crippen LogP contribution in [0.3, 0.4) is 0 Å². The van der Waals surface area contributed by atoms with Crippen LogP contribution in [0.5, 0.6) is 0 Å². The summed E-state index contributed by atoms with van der Waals surface area (Å²) in [7, 11) is 0. The van der Waals surface area contributed by atoms with E-state index in [0.29, 0.717) is 11.6 Å². The van der Waals surface area contributed by atoms with Crippen LogP contribution in [0.25, 0.3) is 0 Å². The van der Waals surface area contributed by atoms with Gasteiger partial charge in [0.2, 0.25) is 0 Å². The number of nitrogens with zero attached hydrogens (tertiary/aromatic N) is 3. The number of benzene rings is 1. The molecule has 0 bridgehead atoms. The number of nitriles is 1. The molecule has 0 amide bonds. The zero-order chi connectivity index (χ0) is 16.1. The molecule has 1 fully saturated rings. The van der Waals surface area contributed by atoms with Crippen molar-refractivity contribution >= 4 is 27.6 Å². The molecule has 22 heavy (non-hydrogen) atoms. The highest BCUT2D eigenvalue weighted by Crippen LogP contribution is 2.30. The van der Waals surface area contributed by atoms with Crippen molar-refractivity contribution in [1.82, 2.24) is 4.90 Å². The first kappa shape index (κ1) is 16.8. The minimum atomic E-state index is -0.775. The Labute approximate surface area is 139 Å². The minimum absolute atomic E-state index is 0.0987. The van der Waals surface area contributed by atoms with E-state index in [2.05, 4.69) is 26.9 Å². The second-order valence-electron chi connectivity index (χ2n) is 5.42. The van der Waals surface area contributed by atoms with Crippen molar-refractivity contribution in [3.05, 3.63) is 28.2 Å². The highest BCUT2D eigenvalue weighted by Gasteiger charge is 2.26. The summed E-state index contributed by atoms with van der Waals surface area (Å²) in [5.41, 5.74) is 1.62. The first-order valence-corrected chi connectivity index (χ1v) is 8.25. The second kappa shape index (κ2) is 7.61. The summed E-state index contributed by atoms with van der Waals surface area (Å²) in [6.45, 7) is 4.52. The molecule has 1 aliphatic rings. The summed E-state index contributed by atoms with van der Waals surface area (Å²) in [5.74, 6) is -0.775. The van der Waals surface area contributed by atoms with E-state index < -0.39 is 5.97 Å². The number of halogens is 1. The standard InChI is InChI=1S/C16H20BrN3O2/c1-2-19(11-16(21)22)12-6-8-20(9-7-12)15-5-3-4-14(17)13(15)10-18/h3-5,12H,2,6-9,11H2,1H3,(H,21,22). The third kappa shape index (κ3) is 3.79.